The van der Waals surface area contributed by atoms with Crippen LogP contribution in [0.5, 0.6) is 5.75 Å². The largest absolute Gasteiger partial charge is 0.495 e. The molecule has 0 spiro atoms. The van der Waals surface area contributed by atoms with E-state index in [0.717, 1.165) is 0 Å². The Morgan fingerprint density at radius 1 is 1.14 bits per heavy atom. The number of hydrogen-bond acceptors (Lipinski definition) is 5. The lowest BCUT2D eigenvalue weighted by molar-refractivity contribution is 0.0997. The van der Waals surface area contributed by atoms with Gasteiger partial charge in [0.05, 0.1) is 17.8 Å². The smallest absolute Gasteiger partial charge is 0.332 e. The van der Waals surface area contributed by atoms with Crippen molar-refractivity contribution in [3.05, 3.63) is 69.7 Å². The maximum atomic E-state index is 12.7. The fourth-order valence-corrected chi connectivity index (χ4v) is 3.18. The number of ether oxygens (including phenoxy) is 1. The number of hydrogen-bond donors (Lipinski definition) is 2. The van der Waals surface area contributed by atoms with E-state index in [0.29, 0.717) is 22.0 Å². The molecule has 0 unspecified atom stereocenters. The van der Waals surface area contributed by atoms with E-state index in [1.807, 2.05) is 0 Å². The van der Waals surface area contributed by atoms with Crippen LogP contribution in [0, 0.1) is 0 Å². The number of primary amides is 1. The third kappa shape index (κ3) is 2.80. The standard InChI is InChI=1S/C19H14ClN5O3/c1-28-13-9-5-4-8-12(13)25-18-15(23-19(25)27)14(16(21)26)22-17(24-18)10-6-2-3-7-11(10)20/h2-9H,1H3,(H2,21,26)(H,23,27). The molecule has 28 heavy (non-hydrogen) atoms. The van der Waals surface area contributed by atoms with E-state index in [9.17, 15) is 9.59 Å². The van der Waals surface area contributed by atoms with Crippen LogP contribution in [0.25, 0.3) is 28.2 Å². The highest BCUT2D eigenvalue weighted by atomic mass is 35.5. The minimum absolute atomic E-state index is 0.106. The van der Waals surface area contributed by atoms with Crippen molar-refractivity contribution in [3.63, 3.8) is 0 Å². The molecule has 2 aromatic carbocycles. The highest BCUT2D eigenvalue weighted by Gasteiger charge is 2.22. The number of rotatable bonds is 4. The lowest BCUT2D eigenvalue weighted by Crippen LogP contribution is -2.16. The lowest BCUT2D eigenvalue weighted by Gasteiger charge is -2.10. The van der Waals surface area contributed by atoms with E-state index in [2.05, 4.69) is 15.0 Å². The fraction of sp³-hybridized carbons (Fsp3) is 0.0526. The Morgan fingerprint density at radius 3 is 2.57 bits per heavy atom. The number of aromatic nitrogens is 4. The first-order valence-electron chi connectivity index (χ1n) is 8.22. The summed E-state index contributed by atoms with van der Waals surface area (Å²) in [7, 11) is 1.50. The van der Waals surface area contributed by atoms with Crippen LogP contribution < -0.4 is 16.2 Å². The quantitative estimate of drug-likeness (QED) is 0.550. The molecule has 0 fully saturated rings. The first kappa shape index (κ1) is 17.7. The van der Waals surface area contributed by atoms with Crippen molar-refractivity contribution in [1.29, 1.82) is 0 Å². The SMILES string of the molecule is COc1ccccc1-n1c(=O)[nH]c2c(C(N)=O)nc(-c3ccccc3Cl)nc21. The fourth-order valence-electron chi connectivity index (χ4n) is 2.96. The van der Waals surface area contributed by atoms with Crippen molar-refractivity contribution in [2.75, 3.05) is 7.11 Å². The number of amides is 1. The van der Waals surface area contributed by atoms with Gasteiger partial charge in [0.1, 0.15) is 11.3 Å². The van der Waals surface area contributed by atoms with Gasteiger partial charge in [-0.3, -0.25) is 4.79 Å². The molecule has 0 aliphatic carbocycles. The summed E-state index contributed by atoms with van der Waals surface area (Å²) < 4.78 is 6.66. The first-order chi connectivity index (χ1) is 13.5. The number of nitrogens with zero attached hydrogens (tertiary/aromatic N) is 3. The second-order valence-electron chi connectivity index (χ2n) is 5.88. The molecule has 0 bridgehead atoms. The number of fused-ring (bicyclic) bond motifs is 1. The summed E-state index contributed by atoms with van der Waals surface area (Å²) >= 11 is 6.26. The molecule has 9 heteroatoms. The number of aromatic amines is 1. The summed E-state index contributed by atoms with van der Waals surface area (Å²) in [4.78, 5) is 36.1. The Bertz CT molecular complexity index is 1280. The van der Waals surface area contributed by atoms with Gasteiger partial charge in [0, 0.05) is 5.56 Å². The van der Waals surface area contributed by atoms with Crippen LogP contribution in [0.15, 0.2) is 53.3 Å². The number of nitrogens with one attached hydrogen (secondary N) is 1. The molecule has 0 saturated heterocycles. The molecule has 0 saturated carbocycles. The average molecular weight is 396 g/mol. The van der Waals surface area contributed by atoms with Crippen molar-refractivity contribution in [2.45, 2.75) is 0 Å². The van der Waals surface area contributed by atoms with Crippen LogP contribution in [-0.4, -0.2) is 32.5 Å². The first-order valence-corrected chi connectivity index (χ1v) is 8.60. The Labute approximate surface area is 163 Å². The molecular formula is C19H14ClN5O3. The molecule has 3 N–H and O–H groups in total. The van der Waals surface area contributed by atoms with Crippen LogP contribution in [0.2, 0.25) is 5.02 Å². The van der Waals surface area contributed by atoms with Gasteiger partial charge < -0.3 is 15.5 Å². The summed E-state index contributed by atoms with van der Waals surface area (Å²) in [6.07, 6.45) is 0. The molecule has 4 aromatic rings. The summed E-state index contributed by atoms with van der Waals surface area (Å²) in [6, 6.07) is 13.9. The van der Waals surface area contributed by atoms with Gasteiger partial charge >= 0.3 is 5.69 Å². The molecule has 0 radical (unpaired) electrons. The Morgan fingerprint density at radius 2 is 1.86 bits per heavy atom. The summed E-state index contributed by atoms with van der Waals surface area (Å²) in [5.74, 6) is -0.160. The maximum Gasteiger partial charge on any atom is 0.332 e. The summed E-state index contributed by atoms with van der Waals surface area (Å²) in [5, 5.41) is 0.402. The number of halogens is 1. The maximum absolute atomic E-state index is 12.7. The van der Waals surface area contributed by atoms with Crippen molar-refractivity contribution < 1.29 is 9.53 Å². The zero-order valence-electron chi connectivity index (χ0n) is 14.6. The van der Waals surface area contributed by atoms with Crippen molar-refractivity contribution in [2.24, 2.45) is 5.73 Å². The number of carbonyl (C=O) groups excluding carboxylic acids is 1. The van der Waals surface area contributed by atoms with Crippen molar-refractivity contribution in [3.8, 4) is 22.8 Å². The van der Waals surface area contributed by atoms with Gasteiger partial charge in [0.2, 0.25) is 0 Å². The minimum atomic E-state index is -0.797. The predicted octanol–water partition coefficient (Wildman–Crippen LogP) is 2.54. The van der Waals surface area contributed by atoms with E-state index >= 15 is 0 Å². The average Bonchev–Trinajstić information content (AvgIpc) is 3.02. The van der Waals surface area contributed by atoms with E-state index < -0.39 is 11.6 Å². The van der Waals surface area contributed by atoms with Crippen molar-refractivity contribution >= 4 is 28.7 Å². The number of imidazole rings is 1. The molecule has 0 aliphatic heterocycles. The Kier molecular flexibility index (Phi) is 4.32. The molecule has 1 amide bonds. The van der Waals surface area contributed by atoms with Gasteiger partial charge in [-0.25, -0.2) is 19.3 Å². The van der Waals surface area contributed by atoms with Crippen LogP contribution >= 0.6 is 11.6 Å². The molecule has 8 nitrogen and oxygen atoms in total. The number of carbonyl (C=O) groups is 1. The van der Waals surface area contributed by atoms with Gasteiger partial charge in [-0.15, -0.1) is 0 Å². The van der Waals surface area contributed by atoms with E-state index in [-0.39, 0.29) is 22.7 Å². The number of para-hydroxylation sites is 2. The van der Waals surface area contributed by atoms with E-state index in [4.69, 9.17) is 22.1 Å². The molecule has 2 heterocycles. The predicted molar refractivity (Wildman–Crippen MR) is 105 cm³/mol. The highest BCUT2D eigenvalue weighted by molar-refractivity contribution is 6.33. The topological polar surface area (TPSA) is 116 Å². The second-order valence-corrected chi connectivity index (χ2v) is 6.28. The van der Waals surface area contributed by atoms with Crippen LogP contribution in [-0.2, 0) is 0 Å². The number of benzene rings is 2. The zero-order valence-corrected chi connectivity index (χ0v) is 15.4. The zero-order chi connectivity index (χ0) is 19.8. The van der Waals surface area contributed by atoms with Gasteiger partial charge in [-0.2, -0.15) is 0 Å². The van der Waals surface area contributed by atoms with Crippen LogP contribution in [0.4, 0.5) is 0 Å². The van der Waals surface area contributed by atoms with Crippen LogP contribution in [0.1, 0.15) is 10.5 Å². The van der Waals surface area contributed by atoms with Gasteiger partial charge in [0.25, 0.3) is 5.91 Å². The molecule has 140 valence electrons. The third-order valence-electron chi connectivity index (χ3n) is 4.21. The highest BCUT2D eigenvalue weighted by Crippen LogP contribution is 2.29. The van der Waals surface area contributed by atoms with Crippen molar-refractivity contribution in [1.82, 2.24) is 19.5 Å². The summed E-state index contributed by atoms with van der Waals surface area (Å²) in [6.45, 7) is 0. The lowest BCUT2D eigenvalue weighted by atomic mass is 10.2. The normalized spacial score (nSPS) is 10.9. The number of H-pyrrole nitrogens is 1. The monoisotopic (exact) mass is 395 g/mol. The summed E-state index contributed by atoms with van der Waals surface area (Å²) in [5.41, 5.74) is 6.18. The van der Waals surface area contributed by atoms with E-state index in [1.165, 1.54) is 11.7 Å². The Balaban J connectivity index is 2.11. The second kappa shape index (κ2) is 6.82. The van der Waals surface area contributed by atoms with E-state index in [1.54, 1.807) is 48.5 Å². The minimum Gasteiger partial charge on any atom is -0.495 e. The van der Waals surface area contributed by atoms with Crippen LogP contribution in [0.3, 0.4) is 0 Å². The van der Waals surface area contributed by atoms with Gasteiger partial charge in [0.15, 0.2) is 17.2 Å². The number of methoxy groups -OCH3 is 1. The molecule has 0 aliphatic rings. The van der Waals surface area contributed by atoms with Gasteiger partial charge in [-0.05, 0) is 24.3 Å². The molecule has 2 aromatic heterocycles. The molecule has 4 rings (SSSR count). The molecule has 0 atom stereocenters. The van der Waals surface area contributed by atoms with Gasteiger partial charge in [-0.1, -0.05) is 35.9 Å². The Hall–Kier alpha value is -3.65. The number of nitrogens with two attached hydrogens (primary N) is 1. The third-order valence-corrected chi connectivity index (χ3v) is 4.54. The molecular weight excluding hydrogens is 382 g/mol.